The summed E-state index contributed by atoms with van der Waals surface area (Å²) in [6.07, 6.45) is 1.06. The quantitative estimate of drug-likeness (QED) is 0.832. The molecule has 4 nitrogen and oxygen atoms in total. The van der Waals surface area contributed by atoms with Crippen LogP contribution in [-0.2, 0) is 4.74 Å². The minimum atomic E-state index is -0.407. The van der Waals surface area contributed by atoms with E-state index in [1.54, 1.807) is 13.2 Å². The van der Waals surface area contributed by atoms with Gasteiger partial charge in [-0.2, -0.15) is 0 Å². The molecule has 2 N–H and O–H groups in total. The first kappa shape index (κ1) is 13.9. The van der Waals surface area contributed by atoms with E-state index in [1.165, 1.54) is 6.07 Å². The Bertz CT molecular complexity index is 440. The molecule has 2 rings (SSSR count). The Morgan fingerprint density at radius 1 is 1.47 bits per heavy atom. The Kier molecular flexibility index (Phi) is 4.47. The van der Waals surface area contributed by atoms with Gasteiger partial charge in [-0.3, -0.25) is 0 Å². The van der Waals surface area contributed by atoms with Crippen LogP contribution < -0.4 is 15.4 Å². The minimum Gasteiger partial charge on any atom is -0.491 e. The number of nitrogens with two attached hydrogens (primary N) is 1. The van der Waals surface area contributed by atoms with Crippen LogP contribution in [0.4, 0.5) is 15.8 Å². The minimum absolute atomic E-state index is 0.266. The summed E-state index contributed by atoms with van der Waals surface area (Å²) in [5, 5.41) is 0. The summed E-state index contributed by atoms with van der Waals surface area (Å²) in [5.41, 5.74) is 7.23. The normalized spacial score (nSPS) is 18.9. The van der Waals surface area contributed by atoms with Crippen molar-refractivity contribution < 1.29 is 13.9 Å². The second-order valence-corrected chi connectivity index (χ2v) is 4.83. The van der Waals surface area contributed by atoms with Crippen LogP contribution >= 0.6 is 0 Å². The number of hydrogen-bond acceptors (Lipinski definition) is 4. The Morgan fingerprint density at radius 2 is 2.26 bits per heavy atom. The summed E-state index contributed by atoms with van der Waals surface area (Å²) in [4.78, 5) is 2.17. The Labute approximate surface area is 113 Å². The molecular weight excluding hydrogens is 247 g/mol. The largest absolute Gasteiger partial charge is 0.491 e. The molecule has 0 amide bonds. The molecule has 0 aliphatic carbocycles. The molecule has 0 aromatic heterocycles. The van der Waals surface area contributed by atoms with E-state index < -0.39 is 5.82 Å². The number of rotatable bonds is 5. The average molecular weight is 268 g/mol. The van der Waals surface area contributed by atoms with Crippen LogP contribution in [0.2, 0.25) is 0 Å². The lowest BCUT2D eigenvalue weighted by molar-refractivity contribution is 0.161. The van der Waals surface area contributed by atoms with Crippen molar-refractivity contribution in [3.05, 3.63) is 17.9 Å². The van der Waals surface area contributed by atoms with Crippen molar-refractivity contribution in [1.82, 2.24) is 0 Å². The highest BCUT2D eigenvalue weighted by Gasteiger charge is 2.24. The Hall–Kier alpha value is -1.49. The van der Waals surface area contributed by atoms with E-state index in [1.807, 2.05) is 6.92 Å². The van der Waals surface area contributed by atoms with Crippen molar-refractivity contribution in [3.8, 4) is 5.75 Å². The summed E-state index contributed by atoms with van der Waals surface area (Å²) < 4.78 is 24.1. The van der Waals surface area contributed by atoms with Crippen molar-refractivity contribution in [2.24, 2.45) is 5.92 Å². The van der Waals surface area contributed by atoms with E-state index in [0.29, 0.717) is 18.2 Å². The van der Waals surface area contributed by atoms with Gasteiger partial charge in [0.05, 0.1) is 24.6 Å². The zero-order valence-electron chi connectivity index (χ0n) is 11.5. The van der Waals surface area contributed by atoms with Gasteiger partial charge in [-0.15, -0.1) is 0 Å². The molecule has 1 aromatic carbocycles. The van der Waals surface area contributed by atoms with E-state index in [-0.39, 0.29) is 5.75 Å². The number of ether oxygens (including phenoxy) is 2. The molecule has 5 heteroatoms. The van der Waals surface area contributed by atoms with Gasteiger partial charge in [0.1, 0.15) is 0 Å². The Balaban J connectivity index is 2.18. The predicted molar refractivity (Wildman–Crippen MR) is 74.2 cm³/mol. The topological polar surface area (TPSA) is 47.7 Å². The van der Waals surface area contributed by atoms with Crippen LogP contribution in [0.15, 0.2) is 12.1 Å². The summed E-state index contributed by atoms with van der Waals surface area (Å²) in [5.74, 6) is 0.364. The van der Waals surface area contributed by atoms with Gasteiger partial charge in [0.15, 0.2) is 11.6 Å². The summed E-state index contributed by atoms with van der Waals surface area (Å²) in [7, 11) is 1.71. The summed E-state index contributed by atoms with van der Waals surface area (Å²) in [6, 6.07) is 3.04. The fraction of sp³-hybridized carbons (Fsp3) is 0.571. The van der Waals surface area contributed by atoms with Gasteiger partial charge in [0.2, 0.25) is 0 Å². The molecule has 1 saturated heterocycles. The lowest BCUT2D eigenvalue weighted by atomic mass is 10.1. The number of halogens is 1. The number of nitrogens with zero attached hydrogens (tertiary/aromatic N) is 1. The molecule has 106 valence electrons. The van der Waals surface area contributed by atoms with Gasteiger partial charge in [-0.25, -0.2) is 4.39 Å². The monoisotopic (exact) mass is 268 g/mol. The smallest absolute Gasteiger partial charge is 0.167 e. The van der Waals surface area contributed by atoms with Gasteiger partial charge in [0, 0.05) is 38.2 Å². The lowest BCUT2D eigenvalue weighted by Crippen LogP contribution is -2.22. The van der Waals surface area contributed by atoms with Crippen molar-refractivity contribution in [1.29, 1.82) is 0 Å². The van der Waals surface area contributed by atoms with Gasteiger partial charge < -0.3 is 20.1 Å². The van der Waals surface area contributed by atoms with Crippen LogP contribution in [0.5, 0.6) is 5.75 Å². The predicted octanol–water partition coefficient (Wildman–Crippen LogP) is 2.28. The highest BCUT2D eigenvalue weighted by molar-refractivity contribution is 5.70. The first-order chi connectivity index (χ1) is 9.15. The number of methoxy groups -OCH3 is 1. The standard InChI is InChI=1S/C14H21FN2O2/c1-3-19-14-7-13(12(16)6-11(14)15)17-5-4-10(8-17)9-18-2/h6-7,10H,3-5,8-9,16H2,1-2H3. The SMILES string of the molecule is CCOc1cc(N2CCC(COC)C2)c(N)cc1F. The first-order valence-electron chi connectivity index (χ1n) is 6.61. The first-order valence-corrected chi connectivity index (χ1v) is 6.61. The van der Waals surface area contributed by atoms with Gasteiger partial charge >= 0.3 is 0 Å². The lowest BCUT2D eigenvalue weighted by Gasteiger charge is -2.21. The van der Waals surface area contributed by atoms with E-state index in [0.717, 1.165) is 31.8 Å². The molecule has 0 saturated carbocycles. The second-order valence-electron chi connectivity index (χ2n) is 4.83. The number of anilines is 2. The molecule has 1 heterocycles. The van der Waals surface area contributed by atoms with Crippen molar-refractivity contribution in [3.63, 3.8) is 0 Å². The molecule has 1 atom stereocenters. The van der Waals surface area contributed by atoms with Crippen molar-refractivity contribution in [2.45, 2.75) is 13.3 Å². The van der Waals surface area contributed by atoms with Crippen molar-refractivity contribution in [2.75, 3.05) is 44.0 Å². The van der Waals surface area contributed by atoms with E-state index in [4.69, 9.17) is 15.2 Å². The fourth-order valence-electron chi connectivity index (χ4n) is 2.52. The number of hydrogen-bond donors (Lipinski definition) is 1. The van der Waals surface area contributed by atoms with E-state index in [2.05, 4.69) is 4.90 Å². The molecule has 19 heavy (non-hydrogen) atoms. The van der Waals surface area contributed by atoms with Crippen LogP contribution in [-0.4, -0.2) is 33.4 Å². The zero-order valence-corrected chi connectivity index (χ0v) is 11.5. The van der Waals surface area contributed by atoms with Crippen LogP contribution in [0, 0.1) is 11.7 Å². The Morgan fingerprint density at radius 3 is 2.95 bits per heavy atom. The molecule has 1 unspecified atom stereocenters. The number of nitrogen functional groups attached to an aromatic ring is 1. The maximum Gasteiger partial charge on any atom is 0.167 e. The maximum atomic E-state index is 13.7. The van der Waals surface area contributed by atoms with E-state index >= 15 is 0 Å². The molecule has 0 radical (unpaired) electrons. The molecule has 1 aromatic rings. The molecular formula is C14H21FN2O2. The zero-order chi connectivity index (χ0) is 13.8. The molecule has 1 aliphatic rings. The summed E-state index contributed by atoms with van der Waals surface area (Å²) >= 11 is 0. The van der Waals surface area contributed by atoms with Gasteiger partial charge in [-0.1, -0.05) is 0 Å². The third-order valence-electron chi connectivity index (χ3n) is 3.41. The van der Waals surface area contributed by atoms with Crippen LogP contribution in [0.3, 0.4) is 0 Å². The highest BCUT2D eigenvalue weighted by atomic mass is 19.1. The van der Waals surface area contributed by atoms with Crippen LogP contribution in [0.1, 0.15) is 13.3 Å². The number of benzene rings is 1. The molecule has 1 aliphatic heterocycles. The third kappa shape index (κ3) is 3.10. The van der Waals surface area contributed by atoms with Crippen molar-refractivity contribution >= 4 is 11.4 Å². The fourth-order valence-corrected chi connectivity index (χ4v) is 2.52. The maximum absolute atomic E-state index is 13.7. The van der Waals surface area contributed by atoms with Gasteiger partial charge in [0.25, 0.3) is 0 Å². The second kappa shape index (κ2) is 6.10. The molecule has 0 bridgehead atoms. The van der Waals surface area contributed by atoms with Gasteiger partial charge in [-0.05, 0) is 13.3 Å². The third-order valence-corrected chi connectivity index (χ3v) is 3.41. The van der Waals surface area contributed by atoms with E-state index in [9.17, 15) is 4.39 Å². The average Bonchev–Trinajstić information content (AvgIpc) is 2.82. The molecule has 0 spiro atoms. The summed E-state index contributed by atoms with van der Waals surface area (Å²) in [6.45, 7) is 4.81. The van der Waals surface area contributed by atoms with Crippen LogP contribution in [0.25, 0.3) is 0 Å². The highest BCUT2D eigenvalue weighted by Crippen LogP contribution is 2.34. The molecule has 1 fully saturated rings.